The summed E-state index contributed by atoms with van der Waals surface area (Å²) in [5, 5.41) is 7.29. The van der Waals surface area contributed by atoms with Gasteiger partial charge in [-0.3, -0.25) is 0 Å². The fraction of sp³-hybridized carbons (Fsp3) is 1.00. The molecule has 0 aromatic rings. The van der Waals surface area contributed by atoms with Gasteiger partial charge in [0.05, 0.1) is 6.61 Å². The Morgan fingerprint density at radius 2 is 2.12 bits per heavy atom. The summed E-state index contributed by atoms with van der Waals surface area (Å²) < 4.78 is 5.59. The van der Waals surface area contributed by atoms with Crippen molar-refractivity contribution in [3.63, 3.8) is 0 Å². The van der Waals surface area contributed by atoms with Crippen LogP contribution in [0.15, 0.2) is 0 Å². The molecule has 102 valence electrons. The average molecular weight is 242 g/mol. The Balaban J connectivity index is 2.52. The molecule has 1 rings (SSSR count). The van der Waals surface area contributed by atoms with E-state index in [-0.39, 0.29) is 0 Å². The molecule has 0 bridgehead atoms. The van der Waals surface area contributed by atoms with Gasteiger partial charge in [-0.15, -0.1) is 0 Å². The van der Waals surface area contributed by atoms with Crippen LogP contribution in [0.25, 0.3) is 0 Å². The third kappa shape index (κ3) is 4.57. The van der Waals surface area contributed by atoms with Gasteiger partial charge >= 0.3 is 0 Å². The van der Waals surface area contributed by atoms with Crippen LogP contribution in [0, 0.1) is 11.3 Å². The van der Waals surface area contributed by atoms with E-state index in [2.05, 4.69) is 45.3 Å². The summed E-state index contributed by atoms with van der Waals surface area (Å²) >= 11 is 0. The number of ether oxygens (including phenoxy) is 1. The van der Waals surface area contributed by atoms with Crippen LogP contribution in [-0.2, 0) is 4.74 Å². The second-order valence-corrected chi connectivity index (χ2v) is 6.18. The molecular weight excluding hydrogens is 212 g/mol. The van der Waals surface area contributed by atoms with Crippen molar-refractivity contribution in [3.05, 3.63) is 0 Å². The maximum atomic E-state index is 5.59. The van der Waals surface area contributed by atoms with E-state index in [0.717, 1.165) is 26.3 Å². The third-order valence-electron chi connectivity index (χ3n) is 3.86. The van der Waals surface area contributed by atoms with Crippen molar-refractivity contribution in [2.75, 3.05) is 26.3 Å². The molecule has 17 heavy (non-hydrogen) atoms. The number of piperidine rings is 1. The largest absolute Gasteiger partial charge is 0.380 e. The molecule has 0 aromatic carbocycles. The van der Waals surface area contributed by atoms with Crippen LogP contribution >= 0.6 is 0 Å². The zero-order valence-electron chi connectivity index (χ0n) is 12.2. The lowest BCUT2D eigenvalue weighted by molar-refractivity contribution is 0.0828. The lowest BCUT2D eigenvalue weighted by atomic mass is 9.79. The highest BCUT2D eigenvalue weighted by molar-refractivity contribution is 4.92. The van der Waals surface area contributed by atoms with Crippen molar-refractivity contribution in [2.24, 2.45) is 11.3 Å². The molecule has 1 saturated heterocycles. The molecule has 2 atom stereocenters. The third-order valence-corrected chi connectivity index (χ3v) is 3.86. The average Bonchev–Trinajstić information content (AvgIpc) is 2.25. The molecule has 0 aromatic heterocycles. The molecule has 0 radical (unpaired) electrons. The minimum absolute atomic E-state index is 0.331. The predicted octanol–water partition coefficient (Wildman–Crippen LogP) is 2.03. The number of nitrogens with one attached hydrogen (secondary N) is 2. The summed E-state index contributed by atoms with van der Waals surface area (Å²) in [5.74, 6) is 0.618. The molecule has 0 saturated carbocycles. The van der Waals surface area contributed by atoms with Crippen molar-refractivity contribution >= 4 is 0 Å². The molecular formula is C14H30N2O. The van der Waals surface area contributed by atoms with Crippen molar-refractivity contribution < 1.29 is 4.74 Å². The van der Waals surface area contributed by atoms with Gasteiger partial charge in [0, 0.05) is 25.2 Å². The summed E-state index contributed by atoms with van der Waals surface area (Å²) in [6.07, 6.45) is 1.21. The number of hydrogen-bond donors (Lipinski definition) is 2. The van der Waals surface area contributed by atoms with E-state index >= 15 is 0 Å². The van der Waals surface area contributed by atoms with Crippen LogP contribution in [0.2, 0.25) is 0 Å². The van der Waals surface area contributed by atoms with E-state index in [4.69, 9.17) is 4.74 Å². The first-order valence-electron chi connectivity index (χ1n) is 7.02. The number of rotatable bonds is 6. The van der Waals surface area contributed by atoms with Crippen molar-refractivity contribution in [1.82, 2.24) is 10.6 Å². The van der Waals surface area contributed by atoms with Crippen LogP contribution in [0.1, 0.15) is 41.0 Å². The Morgan fingerprint density at radius 3 is 2.65 bits per heavy atom. The molecule has 3 heteroatoms. The maximum absolute atomic E-state index is 5.59. The van der Waals surface area contributed by atoms with E-state index in [1.165, 1.54) is 6.42 Å². The fourth-order valence-electron chi connectivity index (χ4n) is 2.42. The highest BCUT2D eigenvalue weighted by Crippen LogP contribution is 2.26. The summed E-state index contributed by atoms with van der Waals surface area (Å²) in [6.45, 7) is 15.1. The van der Waals surface area contributed by atoms with Crippen LogP contribution < -0.4 is 10.6 Å². The van der Waals surface area contributed by atoms with Crippen molar-refractivity contribution in [1.29, 1.82) is 0 Å². The number of hydrogen-bond acceptors (Lipinski definition) is 3. The van der Waals surface area contributed by atoms with Gasteiger partial charge in [-0.2, -0.15) is 0 Å². The Hall–Kier alpha value is -0.120. The van der Waals surface area contributed by atoms with Gasteiger partial charge in [-0.25, -0.2) is 0 Å². The summed E-state index contributed by atoms with van der Waals surface area (Å²) in [6, 6.07) is 1.06. The quantitative estimate of drug-likeness (QED) is 0.748. The van der Waals surface area contributed by atoms with E-state index < -0.39 is 0 Å². The summed E-state index contributed by atoms with van der Waals surface area (Å²) in [5.41, 5.74) is 0.331. The van der Waals surface area contributed by atoms with Gasteiger partial charge in [-0.05, 0) is 31.2 Å². The Morgan fingerprint density at radius 1 is 1.41 bits per heavy atom. The first-order valence-corrected chi connectivity index (χ1v) is 7.02. The molecule has 1 aliphatic rings. The van der Waals surface area contributed by atoms with Crippen LogP contribution in [-0.4, -0.2) is 38.4 Å². The van der Waals surface area contributed by atoms with Gasteiger partial charge < -0.3 is 15.4 Å². The second-order valence-electron chi connectivity index (χ2n) is 6.18. The van der Waals surface area contributed by atoms with Gasteiger partial charge in [0.15, 0.2) is 0 Å². The van der Waals surface area contributed by atoms with Crippen LogP contribution in [0.5, 0.6) is 0 Å². The first kappa shape index (κ1) is 14.9. The van der Waals surface area contributed by atoms with Crippen LogP contribution in [0.3, 0.4) is 0 Å². The smallest absolute Gasteiger partial charge is 0.0622 e. The molecule has 2 unspecified atom stereocenters. The van der Waals surface area contributed by atoms with E-state index in [9.17, 15) is 0 Å². The Kier molecular flexibility index (Phi) is 5.90. The minimum Gasteiger partial charge on any atom is -0.380 e. The summed E-state index contributed by atoms with van der Waals surface area (Å²) in [7, 11) is 0. The summed E-state index contributed by atoms with van der Waals surface area (Å²) in [4.78, 5) is 0. The van der Waals surface area contributed by atoms with E-state index in [1.54, 1.807) is 0 Å². The predicted molar refractivity (Wildman–Crippen MR) is 73.3 cm³/mol. The van der Waals surface area contributed by atoms with Gasteiger partial charge in [-0.1, -0.05) is 27.7 Å². The molecule has 1 heterocycles. The maximum Gasteiger partial charge on any atom is 0.0622 e. The molecule has 0 amide bonds. The SMILES string of the molecule is CCOCC(NC1CCNCC1(C)C)C(C)C. The zero-order valence-corrected chi connectivity index (χ0v) is 12.2. The molecule has 0 aliphatic carbocycles. The lowest BCUT2D eigenvalue weighted by Crippen LogP contribution is -2.57. The van der Waals surface area contributed by atoms with Crippen LogP contribution in [0.4, 0.5) is 0 Å². The first-order chi connectivity index (χ1) is 7.97. The topological polar surface area (TPSA) is 33.3 Å². The van der Waals surface area contributed by atoms with E-state index in [1.807, 2.05) is 0 Å². The van der Waals surface area contributed by atoms with Gasteiger partial charge in [0.25, 0.3) is 0 Å². The normalized spacial score (nSPS) is 26.1. The molecule has 0 spiro atoms. The van der Waals surface area contributed by atoms with Crippen molar-refractivity contribution in [3.8, 4) is 0 Å². The molecule has 1 aliphatic heterocycles. The standard InChI is InChI=1S/C14H30N2O/c1-6-17-9-12(11(2)3)16-13-7-8-15-10-14(13,4)5/h11-13,15-16H,6-10H2,1-5H3. The monoisotopic (exact) mass is 242 g/mol. The Bertz CT molecular complexity index is 216. The van der Waals surface area contributed by atoms with E-state index in [0.29, 0.717) is 23.4 Å². The highest BCUT2D eigenvalue weighted by atomic mass is 16.5. The van der Waals surface area contributed by atoms with Gasteiger partial charge in [0.2, 0.25) is 0 Å². The molecule has 1 fully saturated rings. The molecule has 3 nitrogen and oxygen atoms in total. The fourth-order valence-corrected chi connectivity index (χ4v) is 2.42. The van der Waals surface area contributed by atoms with Crippen molar-refractivity contribution in [2.45, 2.75) is 53.1 Å². The lowest BCUT2D eigenvalue weighted by Gasteiger charge is -2.42. The highest BCUT2D eigenvalue weighted by Gasteiger charge is 2.33. The minimum atomic E-state index is 0.331. The van der Waals surface area contributed by atoms with Gasteiger partial charge in [0.1, 0.15) is 0 Å². The zero-order chi connectivity index (χ0) is 12.9. The molecule has 2 N–H and O–H groups in total. The Labute approximate surface area is 107 Å². The second kappa shape index (κ2) is 6.72.